The Labute approximate surface area is 186 Å². The lowest BCUT2D eigenvalue weighted by Crippen LogP contribution is -2.21. The highest BCUT2D eigenvalue weighted by molar-refractivity contribution is 6.30. The summed E-state index contributed by atoms with van der Waals surface area (Å²) in [5.41, 5.74) is 2.67. The normalized spacial score (nSPS) is 11.4. The Morgan fingerprint density at radius 3 is 2.16 bits per heavy atom. The van der Waals surface area contributed by atoms with Crippen molar-refractivity contribution in [3.8, 4) is 0 Å². The van der Waals surface area contributed by atoms with E-state index in [2.05, 4.69) is 5.32 Å². The molecule has 3 aromatic rings. The van der Waals surface area contributed by atoms with Gasteiger partial charge in [0.05, 0.1) is 6.42 Å². The highest BCUT2D eigenvalue weighted by atomic mass is 35.5. The van der Waals surface area contributed by atoms with Gasteiger partial charge >= 0.3 is 5.97 Å². The Morgan fingerprint density at radius 1 is 0.871 bits per heavy atom. The van der Waals surface area contributed by atoms with Crippen LogP contribution in [0, 0.1) is 6.92 Å². The third kappa shape index (κ3) is 6.52. The third-order valence-electron chi connectivity index (χ3n) is 4.61. The molecule has 0 bridgehead atoms. The summed E-state index contributed by atoms with van der Waals surface area (Å²) in [4.78, 5) is 37.6. The van der Waals surface area contributed by atoms with Crippen molar-refractivity contribution >= 4 is 34.9 Å². The maximum Gasteiger partial charge on any atom is 0.307 e. The minimum Gasteiger partial charge on any atom is -0.449 e. The van der Waals surface area contributed by atoms with Crippen LogP contribution in [0.25, 0.3) is 0 Å². The largest absolute Gasteiger partial charge is 0.449 e. The van der Waals surface area contributed by atoms with Crippen LogP contribution in [-0.4, -0.2) is 17.7 Å². The second-order valence-corrected chi connectivity index (χ2v) is 7.50. The van der Waals surface area contributed by atoms with Gasteiger partial charge in [0, 0.05) is 28.3 Å². The number of carbonyl (C=O) groups is 3. The van der Waals surface area contributed by atoms with E-state index in [0.29, 0.717) is 21.8 Å². The highest BCUT2D eigenvalue weighted by Crippen LogP contribution is 2.25. The summed E-state index contributed by atoms with van der Waals surface area (Å²) in [7, 11) is 0. The number of amides is 1. The molecular weight excluding hydrogens is 414 g/mol. The summed E-state index contributed by atoms with van der Waals surface area (Å²) in [5, 5.41) is 3.24. The highest BCUT2D eigenvalue weighted by Gasteiger charge is 2.26. The zero-order valence-electron chi connectivity index (χ0n) is 17.0. The van der Waals surface area contributed by atoms with Crippen LogP contribution < -0.4 is 5.32 Å². The SMILES string of the molecule is Cc1ccc(NC(=O)CCC(=O)O[C@@H](C(=O)c2ccccc2)c2ccc(Cl)cc2)cc1. The van der Waals surface area contributed by atoms with Gasteiger partial charge in [0.15, 0.2) is 6.10 Å². The number of hydrogen-bond acceptors (Lipinski definition) is 4. The van der Waals surface area contributed by atoms with Gasteiger partial charge in [-0.25, -0.2) is 0 Å². The van der Waals surface area contributed by atoms with Crippen molar-refractivity contribution in [1.82, 2.24) is 0 Å². The summed E-state index contributed by atoms with van der Waals surface area (Å²) in [5.74, 6) is -1.29. The summed E-state index contributed by atoms with van der Waals surface area (Å²) < 4.78 is 5.50. The van der Waals surface area contributed by atoms with Gasteiger partial charge in [-0.05, 0) is 31.2 Å². The van der Waals surface area contributed by atoms with Crippen LogP contribution in [0.5, 0.6) is 0 Å². The number of benzene rings is 3. The Morgan fingerprint density at radius 2 is 1.52 bits per heavy atom. The molecule has 158 valence electrons. The molecule has 1 N–H and O–H groups in total. The number of ether oxygens (including phenoxy) is 1. The van der Waals surface area contributed by atoms with Crippen molar-refractivity contribution in [2.24, 2.45) is 0 Å². The summed E-state index contributed by atoms with van der Waals surface area (Å²) in [6.07, 6.45) is -1.32. The van der Waals surface area contributed by atoms with E-state index in [-0.39, 0.29) is 24.5 Å². The molecule has 1 amide bonds. The minimum absolute atomic E-state index is 0.0560. The molecule has 3 aromatic carbocycles. The van der Waals surface area contributed by atoms with E-state index in [1.165, 1.54) is 0 Å². The fourth-order valence-electron chi connectivity index (χ4n) is 2.93. The van der Waals surface area contributed by atoms with Crippen LogP contribution in [0.3, 0.4) is 0 Å². The van der Waals surface area contributed by atoms with Gasteiger partial charge in [-0.1, -0.05) is 71.8 Å². The topological polar surface area (TPSA) is 72.5 Å². The lowest BCUT2D eigenvalue weighted by Gasteiger charge is -2.17. The maximum atomic E-state index is 13.0. The van der Waals surface area contributed by atoms with E-state index in [4.69, 9.17) is 16.3 Å². The lowest BCUT2D eigenvalue weighted by molar-refractivity contribution is -0.148. The number of anilines is 1. The molecule has 3 rings (SSSR count). The first kappa shape index (κ1) is 22.2. The number of rotatable bonds is 8. The molecule has 1 atom stereocenters. The van der Waals surface area contributed by atoms with Crippen molar-refractivity contribution in [1.29, 1.82) is 0 Å². The molecule has 0 aliphatic rings. The van der Waals surface area contributed by atoms with Gasteiger partial charge in [0.1, 0.15) is 0 Å². The summed E-state index contributed by atoms with van der Waals surface area (Å²) >= 11 is 5.94. The van der Waals surface area contributed by atoms with Crippen LogP contribution in [0.2, 0.25) is 5.02 Å². The van der Waals surface area contributed by atoms with Crippen LogP contribution in [0.1, 0.15) is 40.4 Å². The van der Waals surface area contributed by atoms with Gasteiger partial charge in [-0.3, -0.25) is 14.4 Å². The number of halogens is 1. The molecule has 0 aliphatic carbocycles. The van der Waals surface area contributed by atoms with Crippen molar-refractivity contribution < 1.29 is 19.1 Å². The monoisotopic (exact) mass is 435 g/mol. The van der Waals surface area contributed by atoms with Crippen LogP contribution in [0.15, 0.2) is 78.9 Å². The van der Waals surface area contributed by atoms with Gasteiger partial charge < -0.3 is 10.1 Å². The molecule has 0 saturated heterocycles. The molecule has 0 aromatic heterocycles. The molecule has 0 unspecified atom stereocenters. The molecule has 0 heterocycles. The van der Waals surface area contributed by atoms with Crippen LogP contribution in [-0.2, 0) is 14.3 Å². The molecule has 0 aliphatic heterocycles. The van der Waals surface area contributed by atoms with E-state index < -0.39 is 12.1 Å². The lowest BCUT2D eigenvalue weighted by atomic mass is 10.00. The first-order valence-corrected chi connectivity index (χ1v) is 10.2. The van der Waals surface area contributed by atoms with E-state index >= 15 is 0 Å². The Kier molecular flexibility index (Phi) is 7.57. The zero-order chi connectivity index (χ0) is 22.2. The zero-order valence-corrected chi connectivity index (χ0v) is 17.8. The number of ketones is 1. The number of carbonyl (C=O) groups excluding carboxylic acids is 3. The van der Waals surface area contributed by atoms with Crippen LogP contribution in [0.4, 0.5) is 5.69 Å². The predicted octanol–water partition coefficient (Wildman–Crippen LogP) is 5.53. The van der Waals surface area contributed by atoms with E-state index in [0.717, 1.165) is 5.56 Å². The Hall–Kier alpha value is -3.44. The molecular formula is C25H22ClNO4. The summed E-state index contributed by atoms with van der Waals surface area (Å²) in [6.45, 7) is 1.95. The molecule has 6 heteroatoms. The molecule has 0 fully saturated rings. The van der Waals surface area contributed by atoms with Gasteiger partial charge in [0.25, 0.3) is 0 Å². The standard InChI is InChI=1S/C25H22ClNO4/c1-17-7-13-21(14-8-17)27-22(28)15-16-23(29)31-25(19-9-11-20(26)12-10-19)24(30)18-5-3-2-4-6-18/h2-14,25H,15-16H2,1H3,(H,27,28)/t25-/m1/s1. The average molecular weight is 436 g/mol. The molecule has 0 saturated carbocycles. The number of esters is 1. The van der Waals surface area contributed by atoms with E-state index in [1.54, 1.807) is 66.7 Å². The second-order valence-electron chi connectivity index (χ2n) is 7.07. The average Bonchev–Trinajstić information content (AvgIpc) is 2.78. The number of hydrogen-bond donors (Lipinski definition) is 1. The maximum absolute atomic E-state index is 13.0. The van der Waals surface area contributed by atoms with Crippen molar-refractivity contribution in [3.63, 3.8) is 0 Å². The van der Waals surface area contributed by atoms with Gasteiger partial charge in [0.2, 0.25) is 11.7 Å². The molecule has 0 radical (unpaired) electrons. The van der Waals surface area contributed by atoms with Crippen molar-refractivity contribution in [2.75, 3.05) is 5.32 Å². The molecule has 0 spiro atoms. The first-order chi connectivity index (χ1) is 14.9. The van der Waals surface area contributed by atoms with E-state index in [1.807, 2.05) is 19.1 Å². The fraction of sp³-hybridized carbons (Fsp3) is 0.160. The van der Waals surface area contributed by atoms with Gasteiger partial charge in [-0.2, -0.15) is 0 Å². The molecule has 31 heavy (non-hydrogen) atoms. The first-order valence-electron chi connectivity index (χ1n) is 9.83. The third-order valence-corrected chi connectivity index (χ3v) is 4.86. The quantitative estimate of drug-likeness (QED) is 0.372. The van der Waals surface area contributed by atoms with Gasteiger partial charge in [-0.15, -0.1) is 0 Å². The number of nitrogens with one attached hydrogen (secondary N) is 1. The smallest absolute Gasteiger partial charge is 0.307 e. The predicted molar refractivity (Wildman–Crippen MR) is 120 cm³/mol. The summed E-state index contributed by atoms with van der Waals surface area (Å²) in [6, 6.07) is 22.5. The Balaban J connectivity index is 1.65. The molecule has 5 nitrogen and oxygen atoms in total. The van der Waals surface area contributed by atoms with Crippen molar-refractivity contribution in [2.45, 2.75) is 25.9 Å². The Bertz CT molecular complexity index is 1050. The van der Waals surface area contributed by atoms with Crippen molar-refractivity contribution in [3.05, 3.63) is 101 Å². The minimum atomic E-state index is -1.12. The second kappa shape index (κ2) is 10.5. The number of Topliss-reactive ketones (excluding diaryl/α,β-unsaturated/α-hetero) is 1. The number of aryl methyl sites for hydroxylation is 1. The van der Waals surface area contributed by atoms with E-state index in [9.17, 15) is 14.4 Å². The van der Waals surface area contributed by atoms with Crippen LogP contribution >= 0.6 is 11.6 Å². The fourth-order valence-corrected chi connectivity index (χ4v) is 3.06.